The first kappa shape index (κ1) is 9.21. The summed E-state index contributed by atoms with van der Waals surface area (Å²) in [6.45, 7) is 0.519. The highest BCUT2D eigenvalue weighted by molar-refractivity contribution is 5.84. The molecule has 1 aliphatic rings. The van der Waals surface area contributed by atoms with Crippen LogP contribution < -0.4 is 10.4 Å². The molecule has 0 fully saturated rings. The number of ether oxygens (including phenoxy) is 1. The second-order valence-electron chi connectivity index (χ2n) is 3.71. The average molecular weight is 214 g/mol. The SMILES string of the molecule is O=c1ccc2ccc3c(c2o1)OCC=CC3. The van der Waals surface area contributed by atoms with Gasteiger partial charge in [0.15, 0.2) is 11.3 Å². The van der Waals surface area contributed by atoms with Crippen LogP contribution in [-0.2, 0) is 6.42 Å². The smallest absolute Gasteiger partial charge is 0.336 e. The van der Waals surface area contributed by atoms with Crippen molar-refractivity contribution in [2.24, 2.45) is 0 Å². The molecule has 1 aliphatic heterocycles. The molecule has 1 aromatic heterocycles. The molecule has 2 heterocycles. The van der Waals surface area contributed by atoms with Crippen molar-refractivity contribution in [3.05, 3.63) is 52.4 Å². The second-order valence-corrected chi connectivity index (χ2v) is 3.71. The third kappa shape index (κ3) is 1.41. The molecule has 0 amide bonds. The molecule has 16 heavy (non-hydrogen) atoms. The van der Waals surface area contributed by atoms with E-state index in [2.05, 4.69) is 6.08 Å². The van der Waals surface area contributed by atoms with Crippen molar-refractivity contribution < 1.29 is 9.15 Å². The molecule has 0 saturated carbocycles. The lowest BCUT2D eigenvalue weighted by Crippen LogP contribution is -1.99. The van der Waals surface area contributed by atoms with Gasteiger partial charge in [-0.25, -0.2) is 4.79 Å². The highest BCUT2D eigenvalue weighted by Crippen LogP contribution is 2.30. The lowest BCUT2D eigenvalue weighted by molar-refractivity contribution is 0.358. The fourth-order valence-corrected chi connectivity index (χ4v) is 1.88. The van der Waals surface area contributed by atoms with Gasteiger partial charge in [0.05, 0.1) is 0 Å². The number of allylic oxidation sites excluding steroid dienone is 1. The maximum absolute atomic E-state index is 11.2. The van der Waals surface area contributed by atoms with Gasteiger partial charge in [0.25, 0.3) is 0 Å². The van der Waals surface area contributed by atoms with Crippen LogP contribution in [0, 0.1) is 0 Å². The molecule has 0 spiro atoms. The summed E-state index contributed by atoms with van der Waals surface area (Å²) < 4.78 is 10.8. The standard InChI is InChI=1S/C13H10O3/c14-11-7-6-10-5-4-9-3-1-2-8-15-12(9)13(10)16-11/h1-2,4-7H,3,8H2. The van der Waals surface area contributed by atoms with Crippen molar-refractivity contribution in [3.8, 4) is 5.75 Å². The van der Waals surface area contributed by atoms with Crippen LogP contribution in [0.5, 0.6) is 5.75 Å². The van der Waals surface area contributed by atoms with E-state index < -0.39 is 0 Å². The predicted molar refractivity (Wildman–Crippen MR) is 60.8 cm³/mol. The monoisotopic (exact) mass is 214 g/mol. The first-order valence-electron chi connectivity index (χ1n) is 5.18. The number of rotatable bonds is 0. The molecule has 0 N–H and O–H groups in total. The van der Waals surface area contributed by atoms with E-state index in [0.717, 1.165) is 17.4 Å². The van der Waals surface area contributed by atoms with E-state index in [1.54, 1.807) is 6.07 Å². The van der Waals surface area contributed by atoms with Gasteiger partial charge in [-0.1, -0.05) is 24.3 Å². The molecule has 3 heteroatoms. The summed E-state index contributed by atoms with van der Waals surface area (Å²) in [5.41, 5.74) is 1.26. The summed E-state index contributed by atoms with van der Waals surface area (Å²) in [5.74, 6) is 0.695. The second kappa shape index (κ2) is 3.52. The van der Waals surface area contributed by atoms with Gasteiger partial charge in [0, 0.05) is 17.0 Å². The fourth-order valence-electron chi connectivity index (χ4n) is 1.88. The van der Waals surface area contributed by atoms with E-state index >= 15 is 0 Å². The van der Waals surface area contributed by atoms with Gasteiger partial charge in [-0.2, -0.15) is 0 Å². The molecule has 0 aliphatic carbocycles. The maximum atomic E-state index is 11.2. The Morgan fingerprint density at radius 1 is 1.06 bits per heavy atom. The van der Waals surface area contributed by atoms with E-state index in [1.165, 1.54) is 6.07 Å². The zero-order valence-electron chi connectivity index (χ0n) is 8.60. The fraction of sp³-hybridized carbons (Fsp3) is 0.154. The highest BCUT2D eigenvalue weighted by Gasteiger charge is 2.12. The van der Waals surface area contributed by atoms with Gasteiger partial charge in [-0.15, -0.1) is 0 Å². The van der Waals surface area contributed by atoms with E-state index in [9.17, 15) is 4.79 Å². The molecule has 0 saturated heterocycles. The normalized spacial score (nSPS) is 14.2. The van der Waals surface area contributed by atoms with Crippen LogP contribution in [-0.4, -0.2) is 6.61 Å². The number of fused-ring (bicyclic) bond motifs is 3. The molecule has 3 nitrogen and oxygen atoms in total. The van der Waals surface area contributed by atoms with Crippen LogP contribution in [0.25, 0.3) is 11.0 Å². The Labute approximate surface area is 92.0 Å². The lowest BCUT2D eigenvalue weighted by Gasteiger charge is -2.08. The first-order valence-corrected chi connectivity index (χ1v) is 5.18. The van der Waals surface area contributed by atoms with Crippen molar-refractivity contribution in [3.63, 3.8) is 0 Å². The van der Waals surface area contributed by atoms with Crippen LogP contribution >= 0.6 is 0 Å². The average Bonchev–Trinajstić information content (AvgIpc) is 2.54. The molecule has 0 atom stereocenters. The third-order valence-electron chi connectivity index (χ3n) is 2.65. The molecule has 0 unspecified atom stereocenters. The highest BCUT2D eigenvalue weighted by atomic mass is 16.5. The molecule has 0 radical (unpaired) electrons. The van der Waals surface area contributed by atoms with Gasteiger partial charge in [-0.05, 0) is 12.5 Å². The number of hydrogen-bond donors (Lipinski definition) is 0. The summed E-state index contributed by atoms with van der Waals surface area (Å²) >= 11 is 0. The van der Waals surface area contributed by atoms with Crippen LogP contribution in [0.4, 0.5) is 0 Å². The zero-order chi connectivity index (χ0) is 11.0. The number of hydrogen-bond acceptors (Lipinski definition) is 3. The minimum atomic E-state index is -0.346. The Morgan fingerprint density at radius 2 is 1.94 bits per heavy atom. The Kier molecular flexibility index (Phi) is 2.03. The Balaban J connectivity index is 2.34. The topological polar surface area (TPSA) is 39.4 Å². The van der Waals surface area contributed by atoms with Gasteiger partial charge in [0.2, 0.25) is 0 Å². The summed E-state index contributed by atoms with van der Waals surface area (Å²) in [4.78, 5) is 11.2. The van der Waals surface area contributed by atoms with E-state index in [0.29, 0.717) is 17.9 Å². The van der Waals surface area contributed by atoms with Gasteiger partial charge < -0.3 is 9.15 Å². The van der Waals surface area contributed by atoms with Crippen molar-refractivity contribution in [2.45, 2.75) is 6.42 Å². The van der Waals surface area contributed by atoms with Gasteiger partial charge in [0.1, 0.15) is 6.61 Å². The summed E-state index contributed by atoms with van der Waals surface area (Å²) in [7, 11) is 0. The van der Waals surface area contributed by atoms with Gasteiger partial charge in [-0.3, -0.25) is 0 Å². The quantitative estimate of drug-likeness (QED) is 0.499. The van der Waals surface area contributed by atoms with Crippen molar-refractivity contribution in [1.82, 2.24) is 0 Å². The Bertz CT molecular complexity index is 623. The molecular weight excluding hydrogens is 204 g/mol. The molecule has 3 rings (SSSR count). The predicted octanol–water partition coefficient (Wildman–Crippen LogP) is 2.28. The summed E-state index contributed by atoms with van der Waals surface area (Å²) in [6.07, 6.45) is 4.83. The van der Waals surface area contributed by atoms with Crippen LogP contribution in [0.2, 0.25) is 0 Å². The molecular formula is C13H10O3. The first-order chi connectivity index (χ1) is 7.84. The number of benzene rings is 1. The lowest BCUT2D eigenvalue weighted by atomic mass is 10.1. The maximum Gasteiger partial charge on any atom is 0.336 e. The van der Waals surface area contributed by atoms with Gasteiger partial charge >= 0.3 is 5.63 Å². The van der Waals surface area contributed by atoms with Crippen molar-refractivity contribution in [1.29, 1.82) is 0 Å². The van der Waals surface area contributed by atoms with E-state index in [4.69, 9.17) is 9.15 Å². The van der Waals surface area contributed by atoms with Crippen molar-refractivity contribution >= 4 is 11.0 Å². The molecule has 1 aromatic carbocycles. The van der Waals surface area contributed by atoms with Crippen LogP contribution in [0.3, 0.4) is 0 Å². The van der Waals surface area contributed by atoms with Crippen LogP contribution in [0.1, 0.15) is 5.56 Å². The van der Waals surface area contributed by atoms with E-state index in [1.807, 2.05) is 18.2 Å². The Hall–Kier alpha value is -2.03. The van der Waals surface area contributed by atoms with Crippen molar-refractivity contribution in [2.75, 3.05) is 6.61 Å². The van der Waals surface area contributed by atoms with Crippen LogP contribution in [0.15, 0.2) is 45.6 Å². The summed E-state index contributed by atoms with van der Waals surface area (Å²) in [5, 5.41) is 0.889. The molecule has 0 bridgehead atoms. The minimum Gasteiger partial charge on any atom is -0.485 e. The molecule has 80 valence electrons. The third-order valence-corrected chi connectivity index (χ3v) is 2.65. The molecule has 2 aromatic rings. The Morgan fingerprint density at radius 3 is 2.88 bits per heavy atom. The van der Waals surface area contributed by atoms with E-state index in [-0.39, 0.29) is 5.63 Å². The minimum absolute atomic E-state index is 0.346. The zero-order valence-corrected chi connectivity index (χ0v) is 8.60. The summed E-state index contributed by atoms with van der Waals surface area (Å²) in [6, 6.07) is 7.12. The largest absolute Gasteiger partial charge is 0.485 e.